The first-order valence-corrected chi connectivity index (χ1v) is 6.34. The van der Waals surface area contributed by atoms with Gasteiger partial charge in [-0.1, -0.05) is 6.92 Å². The van der Waals surface area contributed by atoms with Crippen LogP contribution in [0, 0.1) is 5.92 Å². The number of ether oxygens (including phenoxy) is 1. The summed E-state index contributed by atoms with van der Waals surface area (Å²) in [7, 11) is 0. The minimum Gasteiger partial charge on any atom is -0.398 e. The van der Waals surface area contributed by atoms with E-state index in [1.54, 1.807) is 18.2 Å². The van der Waals surface area contributed by atoms with Gasteiger partial charge in [0.25, 0.3) is 5.91 Å². The van der Waals surface area contributed by atoms with Crippen molar-refractivity contribution in [3.8, 4) is 0 Å². The molecule has 0 saturated carbocycles. The van der Waals surface area contributed by atoms with Crippen molar-refractivity contribution >= 4 is 33.2 Å². The molecule has 0 aliphatic carbocycles. The Balaban J connectivity index is 2.05. The Morgan fingerprint density at radius 1 is 1.59 bits per heavy atom. The number of nitrogens with one attached hydrogen (secondary N) is 1. The Morgan fingerprint density at radius 3 is 2.94 bits per heavy atom. The van der Waals surface area contributed by atoms with E-state index in [2.05, 4.69) is 21.2 Å². The van der Waals surface area contributed by atoms with Gasteiger partial charge in [-0.2, -0.15) is 0 Å². The van der Waals surface area contributed by atoms with Crippen molar-refractivity contribution in [1.82, 2.24) is 0 Å². The fraction of sp³-hybridized carbons (Fsp3) is 0.417. The molecule has 1 aliphatic heterocycles. The number of benzene rings is 1. The van der Waals surface area contributed by atoms with Crippen molar-refractivity contribution in [3.63, 3.8) is 0 Å². The molecule has 1 aromatic rings. The number of hydrogen-bond donors (Lipinski definition) is 2. The summed E-state index contributed by atoms with van der Waals surface area (Å²) in [5, 5.41) is 2.83. The first kappa shape index (κ1) is 12.4. The van der Waals surface area contributed by atoms with Gasteiger partial charge in [0.05, 0.1) is 0 Å². The van der Waals surface area contributed by atoms with Crippen molar-refractivity contribution in [2.75, 3.05) is 17.7 Å². The molecule has 92 valence electrons. The summed E-state index contributed by atoms with van der Waals surface area (Å²) in [6.07, 6.45) is 0.593. The summed E-state index contributed by atoms with van der Waals surface area (Å²) < 4.78 is 6.18. The molecule has 1 amide bonds. The third-order valence-corrected chi connectivity index (χ3v) is 3.60. The molecule has 1 saturated heterocycles. The van der Waals surface area contributed by atoms with Gasteiger partial charge in [0.15, 0.2) is 0 Å². The zero-order valence-electron chi connectivity index (χ0n) is 9.57. The molecule has 0 aromatic heterocycles. The molecule has 1 heterocycles. The minimum atomic E-state index is -0.341. The first-order valence-electron chi connectivity index (χ1n) is 5.55. The van der Waals surface area contributed by atoms with Crippen molar-refractivity contribution in [1.29, 1.82) is 0 Å². The topological polar surface area (TPSA) is 64.3 Å². The average molecular weight is 299 g/mol. The van der Waals surface area contributed by atoms with Crippen molar-refractivity contribution in [3.05, 3.63) is 22.7 Å². The fourth-order valence-electron chi connectivity index (χ4n) is 1.85. The predicted molar refractivity (Wildman–Crippen MR) is 70.7 cm³/mol. The summed E-state index contributed by atoms with van der Waals surface area (Å²) >= 11 is 3.32. The summed E-state index contributed by atoms with van der Waals surface area (Å²) in [5.41, 5.74) is 7.05. The maximum atomic E-state index is 11.9. The normalized spacial score (nSPS) is 23.6. The molecule has 0 radical (unpaired) electrons. The molecule has 3 N–H and O–H groups in total. The van der Waals surface area contributed by atoms with Crippen LogP contribution in [0.25, 0.3) is 0 Å². The summed E-state index contributed by atoms with van der Waals surface area (Å²) in [6.45, 7) is 2.68. The number of hydrogen-bond acceptors (Lipinski definition) is 3. The third kappa shape index (κ3) is 2.79. The van der Waals surface area contributed by atoms with Crippen LogP contribution in [-0.4, -0.2) is 18.6 Å². The fourth-order valence-corrected chi connectivity index (χ4v) is 2.23. The van der Waals surface area contributed by atoms with Gasteiger partial charge in [0.2, 0.25) is 0 Å². The lowest BCUT2D eigenvalue weighted by Gasteiger charge is -2.14. The number of carbonyl (C=O) groups is 1. The van der Waals surface area contributed by atoms with E-state index in [4.69, 9.17) is 10.5 Å². The molecule has 2 rings (SSSR count). The van der Waals surface area contributed by atoms with Crippen molar-refractivity contribution < 1.29 is 9.53 Å². The van der Waals surface area contributed by atoms with Crippen LogP contribution in [0.15, 0.2) is 22.7 Å². The molecule has 2 unspecified atom stereocenters. The molecule has 0 spiro atoms. The standard InChI is InChI=1S/C12H15BrN2O2/c1-7-4-5-17-11(7)12(16)15-8-2-3-10(14)9(13)6-8/h2-3,6-7,11H,4-5,14H2,1H3,(H,15,16). The van der Waals surface area contributed by atoms with Crippen LogP contribution in [-0.2, 0) is 9.53 Å². The second-order valence-electron chi connectivity index (χ2n) is 4.28. The molecule has 5 heteroatoms. The highest BCUT2D eigenvalue weighted by Gasteiger charge is 2.30. The van der Waals surface area contributed by atoms with Crippen molar-refractivity contribution in [2.24, 2.45) is 5.92 Å². The van der Waals surface area contributed by atoms with Gasteiger partial charge in [-0.05, 0) is 46.5 Å². The maximum absolute atomic E-state index is 11.9. The van der Waals surface area contributed by atoms with Crippen LogP contribution >= 0.6 is 15.9 Å². The molecule has 1 aromatic carbocycles. The Bertz CT molecular complexity index is 437. The van der Waals surface area contributed by atoms with Crippen molar-refractivity contribution in [2.45, 2.75) is 19.4 Å². The van der Waals surface area contributed by atoms with E-state index in [1.807, 2.05) is 6.92 Å². The molecule has 0 bridgehead atoms. The lowest BCUT2D eigenvalue weighted by atomic mass is 10.0. The van der Waals surface area contributed by atoms with E-state index in [1.165, 1.54) is 0 Å². The van der Waals surface area contributed by atoms with Crippen LogP contribution in [0.4, 0.5) is 11.4 Å². The highest BCUT2D eigenvalue weighted by atomic mass is 79.9. The van der Waals surface area contributed by atoms with E-state index < -0.39 is 0 Å². The molecule has 4 nitrogen and oxygen atoms in total. The average Bonchev–Trinajstić information content (AvgIpc) is 2.70. The van der Waals surface area contributed by atoms with Crippen LogP contribution in [0.2, 0.25) is 0 Å². The van der Waals surface area contributed by atoms with Crippen LogP contribution in [0.1, 0.15) is 13.3 Å². The lowest BCUT2D eigenvalue weighted by Crippen LogP contribution is -2.31. The van der Waals surface area contributed by atoms with E-state index >= 15 is 0 Å². The van der Waals surface area contributed by atoms with Gasteiger partial charge in [0, 0.05) is 22.5 Å². The predicted octanol–water partition coefficient (Wildman–Crippen LogP) is 2.39. The Kier molecular flexibility index (Phi) is 3.69. The van der Waals surface area contributed by atoms with E-state index in [0.29, 0.717) is 12.3 Å². The molecular formula is C12H15BrN2O2. The highest BCUT2D eigenvalue weighted by Crippen LogP contribution is 2.25. The van der Waals surface area contributed by atoms with E-state index in [0.717, 1.165) is 16.6 Å². The minimum absolute atomic E-state index is 0.0910. The second-order valence-corrected chi connectivity index (χ2v) is 5.14. The van der Waals surface area contributed by atoms with Gasteiger partial charge < -0.3 is 15.8 Å². The monoisotopic (exact) mass is 298 g/mol. The van der Waals surface area contributed by atoms with Crippen LogP contribution < -0.4 is 11.1 Å². The van der Waals surface area contributed by atoms with Gasteiger partial charge in [0.1, 0.15) is 6.10 Å². The first-order chi connectivity index (χ1) is 8.08. The number of halogens is 1. The van der Waals surface area contributed by atoms with Crippen LogP contribution in [0.5, 0.6) is 0 Å². The Labute approximate surface area is 109 Å². The number of amides is 1. The second kappa shape index (κ2) is 5.06. The Morgan fingerprint density at radius 2 is 2.35 bits per heavy atom. The number of anilines is 2. The highest BCUT2D eigenvalue weighted by molar-refractivity contribution is 9.10. The zero-order valence-corrected chi connectivity index (χ0v) is 11.2. The number of carbonyl (C=O) groups excluding carboxylic acids is 1. The number of nitrogens with two attached hydrogens (primary N) is 1. The van der Waals surface area contributed by atoms with Crippen LogP contribution in [0.3, 0.4) is 0 Å². The molecule has 2 atom stereocenters. The summed E-state index contributed by atoms with van der Waals surface area (Å²) in [6, 6.07) is 5.31. The molecule has 17 heavy (non-hydrogen) atoms. The number of nitrogen functional groups attached to an aromatic ring is 1. The lowest BCUT2D eigenvalue weighted by molar-refractivity contribution is -0.126. The summed E-state index contributed by atoms with van der Waals surface area (Å²) in [5.74, 6) is 0.180. The molecule has 1 fully saturated rings. The maximum Gasteiger partial charge on any atom is 0.253 e. The largest absolute Gasteiger partial charge is 0.398 e. The Hall–Kier alpha value is -1.07. The smallest absolute Gasteiger partial charge is 0.253 e. The zero-order chi connectivity index (χ0) is 12.4. The summed E-state index contributed by atoms with van der Waals surface area (Å²) in [4.78, 5) is 11.9. The molecule has 1 aliphatic rings. The number of rotatable bonds is 2. The molecular weight excluding hydrogens is 284 g/mol. The van der Waals surface area contributed by atoms with Gasteiger partial charge in [-0.15, -0.1) is 0 Å². The van der Waals surface area contributed by atoms with Gasteiger partial charge in [-0.3, -0.25) is 4.79 Å². The SMILES string of the molecule is CC1CCOC1C(=O)Nc1ccc(N)c(Br)c1. The quantitative estimate of drug-likeness (QED) is 0.824. The third-order valence-electron chi connectivity index (χ3n) is 2.91. The van der Waals surface area contributed by atoms with Gasteiger partial charge in [-0.25, -0.2) is 0 Å². The van der Waals surface area contributed by atoms with E-state index in [-0.39, 0.29) is 17.9 Å². The van der Waals surface area contributed by atoms with Gasteiger partial charge >= 0.3 is 0 Å². The van der Waals surface area contributed by atoms with E-state index in [9.17, 15) is 4.79 Å².